The van der Waals surface area contributed by atoms with E-state index < -0.39 is 0 Å². The second-order valence-corrected chi connectivity index (χ2v) is 4.84. The molecule has 1 aliphatic rings. The van der Waals surface area contributed by atoms with Gasteiger partial charge < -0.3 is 15.4 Å². The third-order valence-electron chi connectivity index (χ3n) is 3.45. The highest BCUT2D eigenvalue weighted by Gasteiger charge is 2.35. The van der Waals surface area contributed by atoms with Gasteiger partial charge in [-0.1, -0.05) is 13.8 Å². The number of ether oxygens (including phenoxy) is 1. The van der Waals surface area contributed by atoms with Gasteiger partial charge in [-0.25, -0.2) is 0 Å². The number of methoxy groups -OCH3 is 1. The summed E-state index contributed by atoms with van der Waals surface area (Å²) < 4.78 is 5.09. The van der Waals surface area contributed by atoms with E-state index in [1.165, 1.54) is 0 Å². The zero-order valence-electron chi connectivity index (χ0n) is 10.6. The summed E-state index contributed by atoms with van der Waals surface area (Å²) in [5, 5.41) is 6.37. The number of carbonyl (C=O) groups is 1. The van der Waals surface area contributed by atoms with E-state index in [4.69, 9.17) is 4.74 Å². The van der Waals surface area contributed by atoms with E-state index in [9.17, 15) is 4.79 Å². The molecule has 0 aromatic rings. The van der Waals surface area contributed by atoms with Crippen molar-refractivity contribution < 1.29 is 9.53 Å². The van der Waals surface area contributed by atoms with Crippen LogP contribution in [0.3, 0.4) is 0 Å². The summed E-state index contributed by atoms with van der Waals surface area (Å²) in [6.07, 6.45) is 2.75. The van der Waals surface area contributed by atoms with Gasteiger partial charge in [0, 0.05) is 12.5 Å². The van der Waals surface area contributed by atoms with Crippen LogP contribution in [-0.2, 0) is 9.53 Å². The Morgan fingerprint density at radius 2 is 2.12 bits per heavy atom. The van der Waals surface area contributed by atoms with E-state index in [1.54, 1.807) is 7.11 Å². The van der Waals surface area contributed by atoms with Crippen molar-refractivity contribution in [1.82, 2.24) is 10.6 Å². The van der Waals surface area contributed by atoms with Gasteiger partial charge in [0.15, 0.2) is 0 Å². The summed E-state index contributed by atoms with van der Waals surface area (Å²) in [6, 6.07) is 0.143. The molecule has 0 aromatic heterocycles. The molecule has 1 atom stereocenters. The lowest BCUT2D eigenvalue weighted by atomic mass is 9.80. The normalized spacial score (nSPS) is 21.4. The highest BCUT2D eigenvalue weighted by molar-refractivity contribution is 5.82. The second kappa shape index (κ2) is 6.21. The molecule has 1 aliphatic heterocycles. The summed E-state index contributed by atoms with van der Waals surface area (Å²) in [5.74, 6) is 0.179. The molecular weight excluding hydrogens is 204 g/mol. The molecule has 0 aliphatic carbocycles. The van der Waals surface area contributed by atoms with Crippen LogP contribution in [0.25, 0.3) is 0 Å². The predicted octanol–water partition coefficient (Wildman–Crippen LogP) is 0.917. The molecule has 1 unspecified atom stereocenters. The SMILES string of the molecule is CCC(COC)NC(=O)C1(C)CCNCC1. The maximum atomic E-state index is 12.2. The standard InChI is InChI=1S/C12H24N2O2/c1-4-10(9-16-3)14-11(15)12(2)5-7-13-8-6-12/h10,13H,4-9H2,1-3H3,(H,14,15). The van der Waals surface area contributed by atoms with Gasteiger partial charge in [0.2, 0.25) is 5.91 Å². The van der Waals surface area contributed by atoms with E-state index in [0.717, 1.165) is 32.4 Å². The molecule has 0 bridgehead atoms. The van der Waals surface area contributed by atoms with Gasteiger partial charge in [-0.2, -0.15) is 0 Å². The van der Waals surface area contributed by atoms with Crippen LogP contribution in [0.1, 0.15) is 33.1 Å². The van der Waals surface area contributed by atoms with E-state index in [0.29, 0.717) is 6.61 Å². The zero-order valence-corrected chi connectivity index (χ0v) is 10.6. The number of hydrogen-bond donors (Lipinski definition) is 2. The molecule has 2 N–H and O–H groups in total. The van der Waals surface area contributed by atoms with Crippen molar-refractivity contribution >= 4 is 5.91 Å². The van der Waals surface area contributed by atoms with Crippen molar-refractivity contribution in [2.75, 3.05) is 26.8 Å². The number of hydrogen-bond acceptors (Lipinski definition) is 3. The smallest absolute Gasteiger partial charge is 0.226 e. The van der Waals surface area contributed by atoms with Crippen LogP contribution in [0.5, 0.6) is 0 Å². The van der Waals surface area contributed by atoms with E-state index in [-0.39, 0.29) is 17.4 Å². The number of nitrogens with one attached hydrogen (secondary N) is 2. The summed E-state index contributed by atoms with van der Waals surface area (Å²) in [6.45, 7) is 6.59. The minimum atomic E-state index is -0.202. The predicted molar refractivity (Wildman–Crippen MR) is 64.3 cm³/mol. The Labute approximate surface area is 98.1 Å². The van der Waals surface area contributed by atoms with Gasteiger partial charge in [0.1, 0.15) is 0 Å². The molecule has 16 heavy (non-hydrogen) atoms. The minimum absolute atomic E-state index is 0.143. The van der Waals surface area contributed by atoms with Crippen LogP contribution >= 0.6 is 0 Å². The van der Waals surface area contributed by atoms with E-state index in [1.807, 2.05) is 0 Å². The van der Waals surface area contributed by atoms with Crippen molar-refractivity contribution in [3.05, 3.63) is 0 Å². The first-order valence-corrected chi connectivity index (χ1v) is 6.13. The molecule has 0 radical (unpaired) electrons. The third kappa shape index (κ3) is 3.46. The van der Waals surface area contributed by atoms with Crippen LogP contribution in [0, 0.1) is 5.41 Å². The van der Waals surface area contributed by atoms with Crippen LogP contribution in [0.15, 0.2) is 0 Å². The van der Waals surface area contributed by atoms with Crippen LogP contribution in [0.4, 0.5) is 0 Å². The van der Waals surface area contributed by atoms with E-state index >= 15 is 0 Å². The van der Waals surface area contributed by atoms with Gasteiger partial charge in [0.25, 0.3) is 0 Å². The summed E-state index contributed by atoms with van der Waals surface area (Å²) in [4.78, 5) is 12.2. The van der Waals surface area contributed by atoms with Crippen LogP contribution < -0.4 is 10.6 Å². The Bertz CT molecular complexity index is 225. The minimum Gasteiger partial charge on any atom is -0.383 e. The Morgan fingerprint density at radius 3 is 2.62 bits per heavy atom. The molecular formula is C12H24N2O2. The van der Waals surface area contributed by atoms with Gasteiger partial charge >= 0.3 is 0 Å². The number of amides is 1. The Balaban J connectivity index is 2.48. The third-order valence-corrected chi connectivity index (χ3v) is 3.45. The monoisotopic (exact) mass is 228 g/mol. The fourth-order valence-corrected chi connectivity index (χ4v) is 2.03. The molecule has 94 valence electrons. The van der Waals surface area contributed by atoms with Crippen molar-refractivity contribution in [2.45, 2.75) is 39.2 Å². The largest absolute Gasteiger partial charge is 0.383 e. The number of piperidine rings is 1. The van der Waals surface area contributed by atoms with Crippen molar-refractivity contribution in [3.8, 4) is 0 Å². The van der Waals surface area contributed by atoms with Gasteiger partial charge in [-0.3, -0.25) is 4.79 Å². The molecule has 1 fully saturated rings. The molecule has 4 heteroatoms. The Kier molecular flexibility index (Phi) is 5.22. The fourth-order valence-electron chi connectivity index (χ4n) is 2.03. The Hall–Kier alpha value is -0.610. The average Bonchev–Trinajstić information content (AvgIpc) is 2.29. The van der Waals surface area contributed by atoms with Gasteiger partial charge in [-0.05, 0) is 32.4 Å². The van der Waals surface area contributed by atoms with Crippen molar-refractivity contribution in [3.63, 3.8) is 0 Å². The lowest BCUT2D eigenvalue weighted by molar-refractivity contribution is -0.132. The Morgan fingerprint density at radius 1 is 1.50 bits per heavy atom. The van der Waals surface area contributed by atoms with Crippen molar-refractivity contribution in [2.24, 2.45) is 5.41 Å². The first-order chi connectivity index (χ1) is 7.62. The molecule has 1 saturated heterocycles. The first-order valence-electron chi connectivity index (χ1n) is 6.13. The maximum Gasteiger partial charge on any atom is 0.226 e. The molecule has 4 nitrogen and oxygen atoms in total. The molecule has 0 spiro atoms. The first kappa shape index (κ1) is 13.5. The molecule has 0 saturated carbocycles. The fraction of sp³-hybridized carbons (Fsp3) is 0.917. The van der Waals surface area contributed by atoms with Crippen LogP contribution in [0.2, 0.25) is 0 Å². The topological polar surface area (TPSA) is 50.4 Å². The van der Waals surface area contributed by atoms with Gasteiger partial charge in [-0.15, -0.1) is 0 Å². The summed E-state index contributed by atoms with van der Waals surface area (Å²) >= 11 is 0. The number of carbonyl (C=O) groups excluding carboxylic acids is 1. The lowest BCUT2D eigenvalue weighted by Gasteiger charge is -2.34. The quantitative estimate of drug-likeness (QED) is 0.735. The molecule has 1 heterocycles. The highest BCUT2D eigenvalue weighted by Crippen LogP contribution is 2.28. The second-order valence-electron chi connectivity index (χ2n) is 4.84. The lowest BCUT2D eigenvalue weighted by Crippen LogP contribution is -2.49. The zero-order chi connectivity index (χ0) is 12.0. The summed E-state index contributed by atoms with van der Waals surface area (Å²) in [7, 11) is 1.67. The number of rotatable bonds is 5. The molecule has 1 amide bonds. The highest BCUT2D eigenvalue weighted by atomic mass is 16.5. The molecule has 0 aromatic carbocycles. The average molecular weight is 228 g/mol. The summed E-state index contributed by atoms with van der Waals surface area (Å²) in [5.41, 5.74) is -0.202. The van der Waals surface area contributed by atoms with Crippen LogP contribution in [-0.4, -0.2) is 38.8 Å². The van der Waals surface area contributed by atoms with E-state index in [2.05, 4.69) is 24.5 Å². The van der Waals surface area contributed by atoms with Crippen molar-refractivity contribution in [1.29, 1.82) is 0 Å². The van der Waals surface area contributed by atoms with Gasteiger partial charge in [0.05, 0.1) is 12.6 Å². The maximum absolute atomic E-state index is 12.2. The molecule has 1 rings (SSSR count).